The van der Waals surface area contributed by atoms with Crippen molar-refractivity contribution in [2.45, 2.75) is 43.2 Å². The number of amides is 1. The predicted molar refractivity (Wildman–Crippen MR) is 104 cm³/mol. The molecule has 0 N–H and O–H groups in total. The normalized spacial score (nSPS) is 17.6. The third kappa shape index (κ3) is 3.82. The molecule has 148 valence electrons. The van der Waals surface area contributed by atoms with E-state index >= 15 is 0 Å². The lowest BCUT2D eigenvalue weighted by Gasteiger charge is -2.23. The molecular weight excluding hydrogens is 379 g/mol. The van der Waals surface area contributed by atoms with Gasteiger partial charge in [0.2, 0.25) is 10.0 Å². The Morgan fingerprint density at radius 2 is 1.79 bits per heavy atom. The van der Waals surface area contributed by atoms with Crippen LogP contribution in [-0.4, -0.2) is 42.7 Å². The fraction of sp³-hybridized carbons (Fsp3) is 0.381. The van der Waals surface area contributed by atoms with Crippen LogP contribution in [0.4, 0.5) is 4.39 Å². The lowest BCUT2D eigenvalue weighted by atomic mass is 10.1. The molecule has 7 heteroatoms. The zero-order valence-corrected chi connectivity index (χ0v) is 16.4. The first-order valence-electron chi connectivity index (χ1n) is 9.61. The second-order valence-corrected chi connectivity index (χ2v) is 9.33. The van der Waals surface area contributed by atoms with E-state index in [1.165, 1.54) is 22.5 Å². The van der Waals surface area contributed by atoms with Crippen LogP contribution >= 0.6 is 0 Å². The predicted octanol–water partition coefficient (Wildman–Crippen LogP) is 3.42. The number of hydrogen-bond acceptors (Lipinski definition) is 3. The van der Waals surface area contributed by atoms with Gasteiger partial charge in [-0.15, -0.1) is 0 Å². The molecule has 0 bridgehead atoms. The topological polar surface area (TPSA) is 57.7 Å². The van der Waals surface area contributed by atoms with E-state index in [0.717, 1.165) is 25.7 Å². The lowest BCUT2D eigenvalue weighted by Crippen LogP contribution is -2.33. The van der Waals surface area contributed by atoms with Crippen molar-refractivity contribution in [1.29, 1.82) is 0 Å². The molecule has 0 atom stereocenters. The van der Waals surface area contributed by atoms with Gasteiger partial charge in [-0.05, 0) is 49.9 Å². The first kappa shape index (κ1) is 19.1. The molecule has 28 heavy (non-hydrogen) atoms. The van der Waals surface area contributed by atoms with Crippen molar-refractivity contribution >= 4 is 15.9 Å². The molecule has 0 unspecified atom stereocenters. The summed E-state index contributed by atoms with van der Waals surface area (Å²) in [6.45, 7) is 1.21. The Labute approximate surface area is 164 Å². The number of hydrogen-bond donors (Lipinski definition) is 0. The maximum Gasteiger partial charge on any atom is 0.254 e. The number of nitrogens with zero attached hydrogens (tertiary/aromatic N) is 2. The number of sulfonamides is 1. The molecule has 4 rings (SSSR count). The molecule has 2 fully saturated rings. The molecule has 2 aliphatic rings. The molecule has 0 aromatic heterocycles. The number of rotatable bonds is 6. The summed E-state index contributed by atoms with van der Waals surface area (Å²) < 4.78 is 41.2. The highest BCUT2D eigenvalue weighted by Gasteiger charge is 2.34. The van der Waals surface area contributed by atoms with Crippen molar-refractivity contribution in [1.82, 2.24) is 9.21 Å². The Morgan fingerprint density at radius 1 is 1.07 bits per heavy atom. The van der Waals surface area contributed by atoms with Crippen molar-refractivity contribution in [3.63, 3.8) is 0 Å². The van der Waals surface area contributed by atoms with E-state index in [-0.39, 0.29) is 29.2 Å². The minimum Gasteiger partial charge on any atom is -0.331 e. The average Bonchev–Trinajstić information content (AvgIpc) is 3.38. The Hall–Kier alpha value is -2.25. The van der Waals surface area contributed by atoms with Crippen LogP contribution in [0, 0.1) is 5.82 Å². The number of benzene rings is 2. The van der Waals surface area contributed by atoms with Gasteiger partial charge in [0.15, 0.2) is 0 Å². The summed E-state index contributed by atoms with van der Waals surface area (Å²) in [6.07, 6.45) is 3.48. The van der Waals surface area contributed by atoms with Gasteiger partial charge in [0.05, 0.1) is 4.90 Å². The van der Waals surface area contributed by atoms with Crippen LogP contribution in [-0.2, 0) is 16.6 Å². The summed E-state index contributed by atoms with van der Waals surface area (Å²) in [6, 6.07) is 12.7. The van der Waals surface area contributed by atoms with Crippen molar-refractivity contribution in [3.05, 3.63) is 65.5 Å². The Balaban J connectivity index is 1.60. The van der Waals surface area contributed by atoms with E-state index in [0.29, 0.717) is 24.2 Å². The molecule has 1 aliphatic heterocycles. The standard InChI is InChI=1S/C21H23FN2O3S/c22-20-9-2-1-6-17(20)15-24(18-10-11-18)21(25)16-7-5-8-19(14-16)28(26,27)23-12-3-4-13-23/h1-2,5-9,14,18H,3-4,10-13,15H2. The monoisotopic (exact) mass is 402 g/mol. The van der Waals surface area contributed by atoms with Crippen LogP contribution in [0.1, 0.15) is 41.6 Å². The van der Waals surface area contributed by atoms with Crippen LogP contribution in [0.15, 0.2) is 53.4 Å². The van der Waals surface area contributed by atoms with Gasteiger partial charge in [-0.3, -0.25) is 4.79 Å². The highest BCUT2D eigenvalue weighted by Crippen LogP contribution is 2.31. The van der Waals surface area contributed by atoms with Crippen LogP contribution in [0.5, 0.6) is 0 Å². The fourth-order valence-electron chi connectivity index (χ4n) is 3.60. The molecule has 1 saturated carbocycles. The molecular formula is C21H23FN2O3S. The van der Waals surface area contributed by atoms with Gasteiger partial charge in [-0.25, -0.2) is 12.8 Å². The summed E-state index contributed by atoms with van der Waals surface area (Å²) in [5.41, 5.74) is 0.784. The molecule has 1 heterocycles. The Bertz CT molecular complexity index is 983. The summed E-state index contributed by atoms with van der Waals surface area (Å²) in [5, 5.41) is 0. The van der Waals surface area contributed by atoms with Crippen molar-refractivity contribution in [3.8, 4) is 0 Å². The number of halogens is 1. The van der Waals surface area contributed by atoms with Gasteiger partial charge in [-0.2, -0.15) is 4.31 Å². The van der Waals surface area contributed by atoms with E-state index < -0.39 is 10.0 Å². The highest BCUT2D eigenvalue weighted by molar-refractivity contribution is 7.89. The largest absolute Gasteiger partial charge is 0.331 e. The van der Waals surface area contributed by atoms with Gasteiger partial charge in [0.25, 0.3) is 5.91 Å². The van der Waals surface area contributed by atoms with Crippen molar-refractivity contribution in [2.24, 2.45) is 0 Å². The van der Waals surface area contributed by atoms with Gasteiger partial charge >= 0.3 is 0 Å². The summed E-state index contributed by atoms with van der Waals surface area (Å²) in [7, 11) is -3.59. The molecule has 0 radical (unpaired) electrons. The third-order valence-electron chi connectivity index (χ3n) is 5.33. The third-order valence-corrected chi connectivity index (χ3v) is 7.23. The van der Waals surface area contributed by atoms with Gasteiger partial charge in [-0.1, -0.05) is 24.3 Å². The van der Waals surface area contributed by atoms with E-state index in [4.69, 9.17) is 0 Å². The Morgan fingerprint density at radius 3 is 2.46 bits per heavy atom. The second-order valence-electron chi connectivity index (χ2n) is 7.39. The molecule has 2 aromatic rings. The quantitative estimate of drug-likeness (QED) is 0.744. The average molecular weight is 402 g/mol. The molecule has 1 aliphatic carbocycles. The van der Waals surface area contributed by atoms with E-state index in [2.05, 4.69) is 0 Å². The van der Waals surface area contributed by atoms with Gasteiger partial charge < -0.3 is 4.90 Å². The minimum atomic E-state index is -3.59. The zero-order chi connectivity index (χ0) is 19.7. The molecule has 5 nitrogen and oxygen atoms in total. The summed E-state index contributed by atoms with van der Waals surface area (Å²) >= 11 is 0. The Kier molecular flexibility index (Phi) is 5.21. The van der Waals surface area contributed by atoms with Gasteiger partial charge in [0.1, 0.15) is 5.82 Å². The summed E-state index contributed by atoms with van der Waals surface area (Å²) in [4.78, 5) is 14.9. The smallest absolute Gasteiger partial charge is 0.254 e. The van der Waals surface area contributed by atoms with E-state index in [9.17, 15) is 17.6 Å². The minimum absolute atomic E-state index is 0.0750. The van der Waals surface area contributed by atoms with Crippen molar-refractivity contribution in [2.75, 3.05) is 13.1 Å². The van der Waals surface area contributed by atoms with E-state index in [1.54, 1.807) is 35.2 Å². The van der Waals surface area contributed by atoms with Crippen molar-refractivity contribution < 1.29 is 17.6 Å². The molecule has 1 saturated heterocycles. The maximum absolute atomic E-state index is 14.1. The van der Waals surface area contributed by atoms with Crippen LogP contribution in [0.25, 0.3) is 0 Å². The van der Waals surface area contributed by atoms with Crippen LogP contribution < -0.4 is 0 Å². The maximum atomic E-state index is 14.1. The molecule has 1 amide bonds. The van der Waals surface area contributed by atoms with Crippen LogP contribution in [0.2, 0.25) is 0 Å². The zero-order valence-electron chi connectivity index (χ0n) is 15.6. The molecule has 2 aromatic carbocycles. The fourth-order valence-corrected chi connectivity index (χ4v) is 5.16. The number of carbonyl (C=O) groups is 1. The highest BCUT2D eigenvalue weighted by atomic mass is 32.2. The first-order valence-corrected chi connectivity index (χ1v) is 11.1. The second kappa shape index (κ2) is 7.64. The SMILES string of the molecule is O=C(c1cccc(S(=O)(=O)N2CCCC2)c1)N(Cc1ccccc1F)C1CC1. The number of carbonyl (C=O) groups excluding carboxylic acids is 1. The van der Waals surface area contributed by atoms with Crippen LogP contribution in [0.3, 0.4) is 0 Å². The van der Waals surface area contributed by atoms with E-state index in [1.807, 2.05) is 0 Å². The lowest BCUT2D eigenvalue weighted by molar-refractivity contribution is 0.0728. The molecule has 0 spiro atoms. The summed E-state index contributed by atoms with van der Waals surface area (Å²) in [5.74, 6) is -0.601. The van der Waals surface area contributed by atoms with Gasteiger partial charge in [0, 0.05) is 36.8 Å². The first-order chi connectivity index (χ1) is 13.5.